The number of likely N-dealkylation sites (N-methyl/N-ethyl adjacent to an activating group) is 1. The van der Waals surface area contributed by atoms with E-state index in [0.29, 0.717) is 20.9 Å². The van der Waals surface area contributed by atoms with Crippen molar-refractivity contribution >= 4 is 39.2 Å². The van der Waals surface area contributed by atoms with Crippen LogP contribution in [0.4, 0.5) is 10.1 Å². The number of hydrogen-bond acceptors (Lipinski definition) is 7. The fourth-order valence-electron chi connectivity index (χ4n) is 2.52. The Hall–Kier alpha value is -1.53. The minimum atomic E-state index is -0.356. The number of rotatable bonds is 6. The number of nitrogens with two attached hydrogens (primary N) is 1. The van der Waals surface area contributed by atoms with E-state index in [1.54, 1.807) is 12.1 Å². The summed E-state index contributed by atoms with van der Waals surface area (Å²) in [4.78, 5) is 9.03. The van der Waals surface area contributed by atoms with Crippen molar-refractivity contribution < 1.29 is 14.5 Å². The first-order valence-corrected chi connectivity index (χ1v) is 9.96. The Morgan fingerprint density at radius 3 is 2.78 bits per heavy atom. The zero-order valence-electron chi connectivity index (χ0n) is 14.9. The van der Waals surface area contributed by atoms with Gasteiger partial charge in [-0.05, 0) is 51.5 Å². The largest absolute Gasteiger partial charge is 0.412 e. The van der Waals surface area contributed by atoms with Crippen LogP contribution in [0.3, 0.4) is 0 Å². The molecule has 0 saturated carbocycles. The molecule has 1 aliphatic heterocycles. The van der Waals surface area contributed by atoms with Crippen LogP contribution in [0.25, 0.3) is 0 Å². The third-order valence-electron chi connectivity index (χ3n) is 4.10. The van der Waals surface area contributed by atoms with Crippen LogP contribution in [-0.2, 0) is 0 Å². The van der Waals surface area contributed by atoms with Crippen LogP contribution < -0.4 is 5.73 Å². The fourth-order valence-corrected chi connectivity index (χ4v) is 3.80. The van der Waals surface area contributed by atoms with Gasteiger partial charge in [0.1, 0.15) is 5.82 Å². The van der Waals surface area contributed by atoms with Crippen molar-refractivity contribution in [2.24, 2.45) is 10.7 Å². The average Bonchev–Trinajstić information content (AvgIpc) is 3.08. The Labute approximate surface area is 169 Å². The summed E-state index contributed by atoms with van der Waals surface area (Å²) in [7, 11) is 2.14. The van der Waals surface area contributed by atoms with Crippen LogP contribution in [0.1, 0.15) is 5.69 Å². The van der Waals surface area contributed by atoms with E-state index in [1.807, 2.05) is 0 Å². The number of nitrogens with zero attached hydrogens (tertiary/aromatic N) is 5. The molecule has 0 unspecified atom stereocenters. The minimum Gasteiger partial charge on any atom is -0.412 e. The lowest BCUT2D eigenvalue weighted by Gasteiger charge is -2.32. The summed E-state index contributed by atoms with van der Waals surface area (Å²) >= 11 is 4.67. The van der Waals surface area contributed by atoms with Gasteiger partial charge in [0.2, 0.25) is 0 Å². The zero-order valence-corrected chi connectivity index (χ0v) is 17.3. The van der Waals surface area contributed by atoms with Gasteiger partial charge in [-0.1, -0.05) is 11.8 Å². The number of hydrogen-bond donors (Lipinski definition) is 1. The second kappa shape index (κ2) is 10.1. The fraction of sp³-hybridized carbons (Fsp3) is 0.438. The molecule has 2 aromatic rings. The average molecular weight is 461 g/mol. The van der Waals surface area contributed by atoms with E-state index < -0.39 is 0 Å². The lowest BCUT2D eigenvalue weighted by atomic mass is 10.3. The number of aliphatic imine (C=N–C) groups is 1. The Morgan fingerprint density at radius 1 is 1.33 bits per heavy atom. The highest BCUT2D eigenvalue weighted by Gasteiger charge is 2.17. The number of piperazine rings is 1. The second-order valence-electron chi connectivity index (χ2n) is 6.01. The highest BCUT2D eigenvalue weighted by Crippen LogP contribution is 2.24. The summed E-state index contributed by atoms with van der Waals surface area (Å²) in [5, 5.41) is 8.40. The maximum atomic E-state index is 13.3. The normalized spacial score (nSPS) is 16.3. The predicted octanol–water partition coefficient (Wildman–Crippen LogP) is 1.52. The maximum Gasteiger partial charge on any atom is 0.183 e. The summed E-state index contributed by atoms with van der Waals surface area (Å²) in [6.45, 7) is 5.29. The Bertz CT molecular complexity index is 782. The van der Waals surface area contributed by atoms with E-state index in [-0.39, 0.29) is 17.1 Å². The van der Waals surface area contributed by atoms with Gasteiger partial charge >= 0.3 is 0 Å². The summed E-state index contributed by atoms with van der Waals surface area (Å²) in [5.41, 5.74) is 6.97. The third-order valence-corrected chi connectivity index (χ3v) is 5.63. The number of thioether (sulfide) groups is 1. The third kappa shape index (κ3) is 5.98. The van der Waals surface area contributed by atoms with Crippen molar-refractivity contribution in [1.29, 1.82) is 0 Å². The van der Waals surface area contributed by atoms with Gasteiger partial charge in [-0.2, -0.15) is 0 Å². The van der Waals surface area contributed by atoms with Crippen LogP contribution in [0.15, 0.2) is 37.3 Å². The second-order valence-corrected chi connectivity index (χ2v) is 7.94. The van der Waals surface area contributed by atoms with Crippen molar-refractivity contribution in [2.45, 2.75) is 5.03 Å². The van der Waals surface area contributed by atoms with Crippen molar-refractivity contribution in [3.8, 4) is 0 Å². The molecule has 0 atom stereocenters. The number of amidine groups is 1. The summed E-state index contributed by atoms with van der Waals surface area (Å²) in [6, 6.07) is 4.42. The smallest absolute Gasteiger partial charge is 0.183 e. The molecule has 4 N–H and O–H groups in total. The highest BCUT2D eigenvalue weighted by atomic mass is 79.9. The Kier molecular flexibility index (Phi) is 8.17. The quantitative estimate of drug-likeness (QED) is 0.394. The molecule has 1 fully saturated rings. The van der Waals surface area contributed by atoms with Crippen LogP contribution >= 0.6 is 27.7 Å². The molecule has 148 valence electrons. The van der Waals surface area contributed by atoms with Gasteiger partial charge in [-0.25, -0.2) is 14.0 Å². The lowest BCUT2D eigenvalue weighted by Crippen LogP contribution is -2.45. The molecule has 11 heteroatoms. The summed E-state index contributed by atoms with van der Waals surface area (Å²) in [5.74, 6) is 0.693. The standard InChI is InChI=1S/C16H20BrFN6OS.H2O/c1-23-4-6-24(7-5-23)8-9-26-16-14(21-25-22-16)15(19)20-11-2-3-13(18)12(17)10-11;/h2-3,10H,4-9H2,1H3,(H2,19,20);1H2. The maximum absolute atomic E-state index is 13.3. The van der Waals surface area contributed by atoms with Crippen molar-refractivity contribution in [3.63, 3.8) is 0 Å². The molecule has 2 heterocycles. The molecule has 1 aromatic heterocycles. The molecule has 1 aliphatic rings. The Morgan fingerprint density at radius 2 is 2.07 bits per heavy atom. The van der Waals surface area contributed by atoms with Crippen molar-refractivity contribution in [1.82, 2.24) is 20.1 Å². The zero-order chi connectivity index (χ0) is 18.5. The number of halogens is 2. The van der Waals surface area contributed by atoms with E-state index >= 15 is 0 Å². The molecule has 27 heavy (non-hydrogen) atoms. The molecular weight excluding hydrogens is 439 g/mol. The lowest BCUT2D eigenvalue weighted by molar-refractivity contribution is 0.161. The molecule has 0 amide bonds. The van der Waals surface area contributed by atoms with Crippen LogP contribution in [0, 0.1) is 5.82 Å². The molecule has 0 radical (unpaired) electrons. The van der Waals surface area contributed by atoms with Gasteiger partial charge in [-0.3, -0.25) is 4.90 Å². The van der Waals surface area contributed by atoms with Gasteiger partial charge in [0, 0.05) is 38.5 Å². The first kappa shape index (κ1) is 21.8. The van der Waals surface area contributed by atoms with Gasteiger partial charge in [0.15, 0.2) is 16.6 Å². The van der Waals surface area contributed by atoms with Gasteiger partial charge in [0.05, 0.1) is 10.2 Å². The predicted molar refractivity (Wildman–Crippen MR) is 107 cm³/mol. The van der Waals surface area contributed by atoms with Crippen molar-refractivity contribution in [2.75, 3.05) is 45.5 Å². The molecule has 1 saturated heterocycles. The van der Waals surface area contributed by atoms with Crippen LogP contribution in [0.2, 0.25) is 0 Å². The van der Waals surface area contributed by atoms with E-state index in [1.165, 1.54) is 17.8 Å². The van der Waals surface area contributed by atoms with Gasteiger partial charge in [-0.15, -0.1) is 0 Å². The van der Waals surface area contributed by atoms with Crippen LogP contribution in [-0.4, -0.2) is 76.9 Å². The minimum absolute atomic E-state index is 0. The first-order chi connectivity index (χ1) is 12.5. The summed E-state index contributed by atoms with van der Waals surface area (Å²) in [6.07, 6.45) is 0. The molecule has 1 aromatic carbocycles. The molecule has 8 nitrogen and oxygen atoms in total. The Balaban J connectivity index is 0.00000261. The molecule has 0 bridgehead atoms. The van der Waals surface area contributed by atoms with E-state index in [2.05, 4.69) is 48.1 Å². The molecular formula is C16H22BrFN6O2S. The number of aromatic nitrogens is 2. The van der Waals surface area contributed by atoms with E-state index in [9.17, 15) is 4.39 Å². The molecule has 0 spiro atoms. The first-order valence-electron chi connectivity index (χ1n) is 8.19. The SMILES string of the molecule is CN1CCN(CCSc2nonc2C(N)=Nc2ccc(F)c(Br)c2)CC1.O. The monoisotopic (exact) mass is 460 g/mol. The molecule has 3 rings (SSSR count). The summed E-state index contributed by atoms with van der Waals surface area (Å²) < 4.78 is 18.5. The van der Waals surface area contributed by atoms with Crippen LogP contribution in [0.5, 0.6) is 0 Å². The van der Waals surface area contributed by atoms with Gasteiger partial charge in [0.25, 0.3) is 0 Å². The van der Waals surface area contributed by atoms with E-state index in [4.69, 9.17) is 10.4 Å². The topological polar surface area (TPSA) is 115 Å². The molecule has 0 aliphatic carbocycles. The van der Waals surface area contributed by atoms with E-state index in [0.717, 1.165) is 38.5 Å². The highest BCUT2D eigenvalue weighted by molar-refractivity contribution is 9.10. The van der Waals surface area contributed by atoms with Gasteiger partial charge < -0.3 is 16.1 Å². The number of benzene rings is 1. The van der Waals surface area contributed by atoms with Crippen molar-refractivity contribution in [3.05, 3.63) is 34.2 Å².